The van der Waals surface area contributed by atoms with Crippen LogP contribution in [0.4, 0.5) is 0 Å². The second kappa shape index (κ2) is 6.42. The Labute approximate surface area is 106 Å². The van der Waals surface area contributed by atoms with Crippen molar-refractivity contribution in [1.82, 2.24) is 4.98 Å². The summed E-state index contributed by atoms with van der Waals surface area (Å²) in [5, 5.41) is 9.90. The molecular weight excluding hydrogens is 230 g/mol. The van der Waals surface area contributed by atoms with Crippen molar-refractivity contribution in [3.8, 4) is 0 Å². The molecule has 1 atom stereocenters. The van der Waals surface area contributed by atoms with E-state index in [1.807, 2.05) is 36.4 Å². The molecule has 1 unspecified atom stereocenters. The van der Waals surface area contributed by atoms with E-state index in [2.05, 4.69) is 17.1 Å². The van der Waals surface area contributed by atoms with Crippen LogP contribution in [-0.2, 0) is 6.42 Å². The SMILES string of the molecule is OC(CSc1ccccc1)Cc1ccccn1. The standard InChI is InChI=1S/C14H15NOS/c16-13(10-12-6-4-5-9-15-12)11-17-14-7-2-1-3-8-14/h1-9,13,16H,10-11H2. The molecule has 1 aromatic carbocycles. The third-order valence-electron chi connectivity index (χ3n) is 2.36. The fourth-order valence-corrected chi connectivity index (χ4v) is 2.38. The van der Waals surface area contributed by atoms with E-state index in [1.54, 1.807) is 18.0 Å². The molecule has 17 heavy (non-hydrogen) atoms. The van der Waals surface area contributed by atoms with Crippen LogP contribution in [0.5, 0.6) is 0 Å². The molecule has 0 saturated carbocycles. The molecule has 2 aromatic rings. The Morgan fingerprint density at radius 1 is 1.06 bits per heavy atom. The Kier molecular flexibility index (Phi) is 4.59. The van der Waals surface area contributed by atoms with Crippen molar-refractivity contribution >= 4 is 11.8 Å². The minimum atomic E-state index is -0.352. The highest BCUT2D eigenvalue weighted by Gasteiger charge is 2.06. The lowest BCUT2D eigenvalue weighted by atomic mass is 10.2. The maximum Gasteiger partial charge on any atom is 0.0689 e. The van der Waals surface area contributed by atoms with Gasteiger partial charge in [0, 0.05) is 29.0 Å². The number of aliphatic hydroxyl groups excluding tert-OH is 1. The average Bonchev–Trinajstić information content (AvgIpc) is 2.39. The highest BCUT2D eigenvalue weighted by atomic mass is 32.2. The summed E-state index contributed by atoms with van der Waals surface area (Å²) in [4.78, 5) is 5.39. The smallest absolute Gasteiger partial charge is 0.0689 e. The number of rotatable bonds is 5. The summed E-state index contributed by atoms with van der Waals surface area (Å²) in [5.41, 5.74) is 0.939. The van der Waals surface area contributed by atoms with Gasteiger partial charge >= 0.3 is 0 Å². The van der Waals surface area contributed by atoms with Crippen molar-refractivity contribution in [2.45, 2.75) is 17.4 Å². The second-order valence-electron chi connectivity index (χ2n) is 3.80. The number of aliphatic hydroxyl groups is 1. The van der Waals surface area contributed by atoms with Gasteiger partial charge in [0.1, 0.15) is 0 Å². The predicted octanol–water partition coefficient (Wildman–Crippen LogP) is 2.78. The van der Waals surface area contributed by atoms with E-state index in [0.29, 0.717) is 12.2 Å². The Morgan fingerprint density at radius 2 is 1.82 bits per heavy atom. The minimum Gasteiger partial charge on any atom is -0.392 e. The Bertz CT molecular complexity index is 432. The van der Waals surface area contributed by atoms with Gasteiger partial charge in [-0.05, 0) is 24.3 Å². The Morgan fingerprint density at radius 3 is 2.53 bits per heavy atom. The van der Waals surface area contributed by atoms with E-state index < -0.39 is 0 Å². The molecule has 1 heterocycles. The number of nitrogens with zero attached hydrogens (tertiary/aromatic N) is 1. The molecule has 0 aliphatic rings. The van der Waals surface area contributed by atoms with Gasteiger partial charge in [-0.1, -0.05) is 24.3 Å². The molecule has 0 aliphatic carbocycles. The van der Waals surface area contributed by atoms with Gasteiger partial charge in [-0.15, -0.1) is 11.8 Å². The monoisotopic (exact) mass is 245 g/mol. The van der Waals surface area contributed by atoms with Crippen LogP contribution < -0.4 is 0 Å². The summed E-state index contributed by atoms with van der Waals surface area (Å²) in [6.07, 6.45) is 2.02. The molecule has 1 aromatic heterocycles. The van der Waals surface area contributed by atoms with Gasteiger partial charge in [0.25, 0.3) is 0 Å². The molecule has 0 saturated heterocycles. The summed E-state index contributed by atoms with van der Waals surface area (Å²) in [6.45, 7) is 0. The zero-order valence-corrected chi connectivity index (χ0v) is 10.3. The van der Waals surface area contributed by atoms with Gasteiger partial charge in [0.05, 0.1) is 6.10 Å². The van der Waals surface area contributed by atoms with Crippen molar-refractivity contribution in [2.24, 2.45) is 0 Å². The zero-order valence-electron chi connectivity index (χ0n) is 9.49. The summed E-state index contributed by atoms with van der Waals surface area (Å²) in [5.74, 6) is 0.695. The van der Waals surface area contributed by atoms with Crippen molar-refractivity contribution < 1.29 is 5.11 Å². The molecule has 0 radical (unpaired) electrons. The van der Waals surface area contributed by atoms with E-state index in [9.17, 15) is 5.11 Å². The number of pyridine rings is 1. The van der Waals surface area contributed by atoms with Gasteiger partial charge in [-0.3, -0.25) is 4.98 Å². The first-order chi connectivity index (χ1) is 8.34. The maximum atomic E-state index is 9.90. The van der Waals surface area contributed by atoms with E-state index in [4.69, 9.17) is 0 Å². The van der Waals surface area contributed by atoms with Gasteiger partial charge < -0.3 is 5.11 Å². The molecule has 2 rings (SSSR count). The van der Waals surface area contributed by atoms with Crippen LogP contribution >= 0.6 is 11.8 Å². The van der Waals surface area contributed by atoms with Crippen LogP contribution in [0.25, 0.3) is 0 Å². The fraction of sp³-hybridized carbons (Fsp3) is 0.214. The molecule has 0 fully saturated rings. The van der Waals surface area contributed by atoms with Crippen LogP contribution in [0.2, 0.25) is 0 Å². The number of thioether (sulfide) groups is 1. The van der Waals surface area contributed by atoms with Crippen molar-refractivity contribution in [2.75, 3.05) is 5.75 Å². The first kappa shape index (κ1) is 12.1. The maximum absolute atomic E-state index is 9.90. The molecule has 0 bridgehead atoms. The van der Waals surface area contributed by atoms with Gasteiger partial charge in [0.2, 0.25) is 0 Å². The molecule has 88 valence electrons. The van der Waals surface area contributed by atoms with Crippen LogP contribution in [-0.4, -0.2) is 21.9 Å². The number of hydrogen-bond donors (Lipinski definition) is 1. The molecule has 2 nitrogen and oxygen atoms in total. The van der Waals surface area contributed by atoms with E-state index in [-0.39, 0.29) is 6.10 Å². The van der Waals surface area contributed by atoms with Crippen LogP contribution in [0.3, 0.4) is 0 Å². The molecule has 3 heteroatoms. The largest absolute Gasteiger partial charge is 0.392 e. The minimum absolute atomic E-state index is 0.352. The highest BCUT2D eigenvalue weighted by molar-refractivity contribution is 7.99. The summed E-state index contributed by atoms with van der Waals surface area (Å²) in [6, 6.07) is 15.9. The van der Waals surface area contributed by atoms with Gasteiger partial charge in [0.15, 0.2) is 0 Å². The quantitative estimate of drug-likeness (QED) is 0.822. The van der Waals surface area contributed by atoms with Crippen molar-refractivity contribution in [1.29, 1.82) is 0 Å². The molecule has 0 amide bonds. The second-order valence-corrected chi connectivity index (χ2v) is 4.90. The van der Waals surface area contributed by atoms with Crippen LogP contribution in [0, 0.1) is 0 Å². The summed E-state index contributed by atoms with van der Waals surface area (Å²) < 4.78 is 0. The van der Waals surface area contributed by atoms with E-state index in [0.717, 1.165) is 5.69 Å². The van der Waals surface area contributed by atoms with Crippen LogP contribution in [0.15, 0.2) is 59.6 Å². The summed E-state index contributed by atoms with van der Waals surface area (Å²) in [7, 11) is 0. The third-order valence-corrected chi connectivity index (χ3v) is 3.51. The van der Waals surface area contributed by atoms with Gasteiger partial charge in [-0.2, -0.15) is 0 Å². The highest BCUT2D eigenvalue weighted by Crippen LogP contribution is 2.18. The molecule has 1 N–H and O–H groups in total. The molecule has 0 aliphatic heterocycles. The van der Waals surface area contributed by atoms with Crippen molar-refractivity contribution in [3.63, 3.8) is 0 Å². The summed E-state index contributed by atoms with van der Waals surface area (Å²) >= 11 is 1.67. The Balaban J connectivity index is 1.80. The average molecular weight is 245 g/mol. The lowest BCUT2D eigenvalue weighted by molar-refractivity contribution is 0.199. The number of hydrogen-bond acceptors (Lipinski definition) is 3. The number of benzene rings is 1. The fourth-order valence-electron chi connectivity index (χ4n) is 1.53. The van der Waals surface area contributed by atoms with Gasteiger partial charge in [-0.25, -0.2) is 0 Å². The van der Waals surface area contributed by atoms with E-state index in [1.165, 1.54) is 4.90 Å². The first-order valence-electron chi connectivity index (χ1n) is 5.60. The van der Waals surface area contributed by atoms with Crippen molar-refractivity contribution in [3.05, 3.63) is 60.4 Å². The van der Waals surface area contributed by atoms with E-state index >= 15 is 0 Å². The lowest BCUT2D eigenvalue weighted by Gasteiger charge is -2.09. The first-order valence-corrected chi connectivity index (χ1v) is 6.59. The van der Waals surface area contributed by atoms with Crippen LogP contribution in [0.1, 0.15) is 5.69 Å². The number of aromatic nitrogens is 1. The molecule has 0 spiro atoms. The third kappa shape index (κ3) is 4.21. The predicted molar refractivity (Wildman–Crippen MR) is 71.1 cm³/mol. The molecular formula is C14H15NOS. The topological polar surface area (TPSA) is 33.1 Å². The zero-order chi connectivity index (χ0) is 11.9. The lowest BCUT2D eigenvalue weighted by Crippen LogP contribution is -2.14. The normalized spacial score (nSPS) is 12.3. The Hall–Kier alpha value is -1.32.